The first-order valence-electron chi connectivity index (χ1n) is 6.30. The van der Waals surface area contributed by atoms with Crippen molar-refractivity contribution in [3.63, 3.8) is 0 Å². The lowest BCUT2D eigenvalue weighted by molar-refractivity contribution is -0.145. The largest absolute Gasteiger partial charge is 0.465 e. The molecule has 2 rings (SSSR count). The molecular weight excluding hydrogens is 276 g/mol. The van der Waals surface area contributed by atoms with Crippen molar-refractivity contribution < 1.29 is 14.1 Å². The first-order chi connectivity index (χ1) is 9.65. The van der Waals surface area contributed by atoms with Crippen LogP contribution in [0.2, 0.25) is 0 Å². The van der Waals surface area contributed by atoms with Crippen LogP contribution in [0.15, 0.2) is 33.7 Å². The molecule has 106 valence electrons. The summed E-state index contributed by atoms with van der Waals surface area (Å²) in [4.78, 5) is 17.0. The van der Waals surface area contributed by atoms with Crippen LogP contribution in [0.25, 0.3) is 11.4 Å². The Morgan fingerprint density at radius 3 is 2.70 bits per heavy atom. The number of carbonyl (C=O) groups is 1. The number of carbonyl (C=O) groups excluding carboxylic acids is 1. The maximum absolute atomic E-state index is 11.6. The second-order valence-electron chi connectivity index (χ2n) is 4.16. The van der Waals surface area contributed by atoms with Gasteiger partial charge in [0, 0.05) is 10.5 Å². The van der Waals surface area contributed by atoms with Gasteiger partial charge in [0.2, 0.25) is 11.7 Å². The van der Waals surface area contributed by atoms with Crippen molar-refractivity contribution in [1.82, 2.24) is 10.1 Å². The molecule has 0 spiro atoms. The fraction of sp³-hybridized carbons (Fsp3) is 0.357. The van der Waals surface area contributed by atoms with Gasteiger partial charge in [0.15, 0.2) is 0 Å². The number of nitrogens with zero attached hydrogens (tertiary/aromatic N) is 2. The Hall–Kier alpha value is -1.82. The van der Waals surface area contributed by atoms with E-state index in [0.29, 0.717) is 12.4 Å². The van der Waals surface area contributed by atoms with E-state index in [1.807, 2.05) is 30.5 Å². The molecule has 20 heavy (non-hydrogen) atoms. The number of benzene rings is 1. The summed E-state index contributed by atoms with van der Waals surface area (Å²) in [5.74, 6) is -0.168. The Bertz CT molecular complexity index is 580. The van der Waals surface area contributed by atoms with Crippen LogP contribution in [-0.4, -0.2) is 29.0 Å². The van der Waals surface area contributed by atoms with Crippen LogP contribution in [0.4, 0.5) is 0 Å². The SMILES string of the molecule is CCOC(=O)C(C)c1nc(-c2ccc(SC)cc2)no1. The summed E-state index contributed by atoms with van der Waals surface area (Å²) in [7, 11) is 0. The van der Waals surface area contributed by atoms with Gasteiger partial charge in [-0.05, 0) is 44.4 Å². The summed E-state index contributed by atoms with van der Waals surface area (Å²) < 4.78 is 10.1. The van der Waals surface area contributed by atoms with Gasteiger partial charge >= 0.3 is 5.97 Å². The molecule has 1 aromatic heterocycles. The molecule has 1 heterocycles. The lowest BCUT2D eigenvalue weighted by Crippen LogP contribution is -2.13. The average Bonchev–Trinajstić information content (AvgIpc) is 2.96. The van der Waals surface area contributed by atoms with Crippen molar-refractivity contribution in [3.8, 4) is 11.4 Å². The second-order valence-corrected chi connectivity index (χ2v) is 5.04. The normalized spacial score (nSPS) is 12.2. The van der Waals surface area contributed by atoms with Gasteiger partial charge in [0.25, 0.3) is 0 Å². The molecule has 5 nitrogen and oxygen atoms in total. The van der Waals surface area contributed by atoms with Crippen molar-refractivity contribution in [3.05, 3.63) is 30.2 Å². The quantitative estimate of drug-likeness (QED) is 0.623. The highest BCUT2D eigenvalue weighted by molar-refractivity contribution is 7.98. The summed E-state index contributed by atoms with van der Waals surface area (Å²) in [5.41, 5.74) is 0.855. The van der Waals surface area contributed by atoms with E-state index in [2.05, 4.69) is 10.1 Å². The lowest BCUT2D eigenvalue weighted by Gasteiger charge is -2.04. The van der Waals surface area contributed by atoms with E-state index in [4.69, 9.17) is 9.26 Å². The zero-order valence-electron chi connectivity index (χ0n) is 11.6. The van der Waals surface area contributed by atoms with E-state index < -0.39 is 5.92 Å². The molecule has 1 aromatic carbocycles. The molecule has 6 heteroatoms. The van der Waals surface area contributed by atoms with Gasteiger partial charge < -0.3 is 9.26 Å². The Morgan fingerprint density at radius 1 is 1.40 bits per heavy atom. The number of esters is 1. The zero-order chi connectivity index (χ0) is 14.5. The van der Waals surface area contributed by atoms with Gasteiger partial charge in [-0.2, -0.15) is 4.98 Å². The fourth-order valence-corrected chi connectivity index (χ4v) is 2.04. The van der Waals surface area contributed by atoms with E-state index in [-0.39, 0.29) is 11.9 Å². The van der Waals surface area contributed by atoms with E-state index in [1.54, 1.807) is 25.6 Å². The standard InChI is InChI=1S/C14H16N2O3S/c1-4-18-14(17)9(2)13-15-12(16-19-13)10-5-7-11(20-3)8-6-10/h5-9H,4H2,1-3H3. The fourth-order valence-electron chi connectivity index (χ4n) is 1.64. The number of hydrogen-bond acceptors (Lipinski definition) is 6. The van der Waals surface area contributed by atoms with Gasteiger partial charge in [0.1, 0.15) is 5.92 Å². The second kappa shape index (κ2) is 6.56. The summed E-state index contributed by atoms with van der Waals surface area (Å²) in [5, 5.41) is 3.90. The number of ether oxygens (including phenoxy) is 1. The third-order valence-corrected chi connectivity index (χ3v) is 3.54. The van der Waals surface area contributed by atoms with E-state index in [9.17, 15) is 4.79 Å². The van der Waals surface area contributed by atoms with Gasteiger partial charge in [0.05, 0.1) is 6.61 Å². The summed E-state index contributed by atoms with van der Waals surface area (Å²) in [6, 6.07) is 7.83. The number of aromatic nitrogens is 2. The van der Waals surface area contributed by atoms with Crippen LogP contribution >= 0.6 is 11.8 Å². The third kappa shape index (κ3) is 3.19. The monoisotopic (exact) mass is 292 g/mol. The Labute approximate surface area is 121 Å². The van der Waals surface area contributed by atoms with E-state index in [1.165, 1.54) is 0 Å². The van der Waals surface area contributed by atoms with Crippen LogP contribution in [0.1, 0.15) is 25.7 Å². The molecule has 2 aromatic rings. The van der Waals surface area contributed by atoms with Crippen LogP contribution in [0.5, 0.6) is 0 Å². The molecule has 0 saturated carbocycles. The van der Waals surface area contributed by atoms with Gasteiger partial charge in [-0.15, -0.1) is 11.8 Å². The van der Waals surface area contributed by atoms with Crippen LogP contribution in [0, 0.1) is 0 Å². The smallest absolute Gasteiger partial charge is 0.318 e. The van der Waals surface area contributed by atoms with Crippen molar-refractivity contribution in [2.75, 3.05) is 12.9 Å². The van der Waals surface area contributed by atoms with E-state index in [0.717, 1.165) is 10.5 Å². The van der Waals surface area contributed by atoms with Crippen molar-refractivity contribution in [1.29, 1.82) is 0 Å². The summed E-state index contributed by atoms with van der Waals surface area (Å²) in [6.45, 7) is 3.78. The molecule has 0 fully saturated rings. The van der Waals surface area contributed by atoms with Crippen molar-refractivity contribution in [2.45, 2.75) is 24.7 Å². The highest BCUT2D eigenvalue weighted by Crippen LogP contribution is 2.23. The first kappa shape index (κ1) is 14.6. The molecule has 0 amide bonds. The molecule has 0 bridgehead atoms. The van der Waals surface area contributed by atoms with Gasteiger partial charge in [-0.1, -0.05) is 5.16 Å². The first-order valence-corrected chi connectivity index (χ1v) is 7.52. The molecule has 1 atom stereocenters. The van der Waals surface area contributed by atoms with Gasteiger partial charge in [-0.3, -0.25) is 4.79 Å². The Morgan fingerprint density at radius 2 is 2.10 bits per heavy atom. The highest BCUT2D eigenvalue weighted by atomic mass is 32.2. The maximum atomic E-state index is 11.6. The van der Waals surface area contributed by atoms with Crippen molar-refractivity contribution >= 4 is 17.7 Å². The van der Waals surface area contributed by atoms with Crippen LogP contribution in [0.3, 0.4) is 0 Å². The topological polar surface area (TPSA) is 65.2 Å². The maximum Gasteiger partial charge on any atom is 0.318 e. The average molecular weight is 292 g/mol. The molecular formula is C14H16N2O3S. The minimum absolute atomic E-state index is 0.271. The molecule has 0 radical (unpaired) electrons. The lowest BCUT2D eigenvalue weighted by atomic mass is 10.2. The molecule has 0 aliphatic rings. The van der Waals surface area contributed by atoms with E-state index >= 15 is 0 Å². The molecule has 0 N–H and O–H groups in total. The minimum atomic E-state index is -0.554. The third-order valence-electron chi connectivity index (χ3n) is 2.80. The number of hydrogen-bond donors (Lipinski definition) is 0. The highest BCUT2D eigenvalue weighted by Gasteiger charge is 2.23. The Kier molecular flexibility index (Phi) is 4.79. The van der Waals surface area contributed by atoms with Crippen LogP contribution in [-0.2, 0) is 9.53 Å². The summed E-state index contributed by atoms with van der Waals surface area (Å²) in [6.07, 6.45) is 2.02. The molecule has 1 unspecified atom stereocenters. The van der Waals surface area contributed by atoms with Gasteiger partial charge in [-0.25, -0.2) is 0 Å². The predicted molar refractivity (Wildman–Crippen MR) is 76.6 cm³/mol. The minimum Gasteiger partial charge on any atom is -0.465 e. The predicted octanol–water partition coefficient (Wildman–Crippen LogP) is 3.13. The molecule has 0 saturated heterocycles. The number of thioether (sulfide) groups is 1. The van der Waals surface area contributed by atoms with Crippen LogP contribution < -0.4 is 0 Å². The zero-order valence-corrected chi connectivity index (χ0v) is 12.4. The molecule has 0 aliphatic carbocycles. The molecule has 0 aliphatic heterocycles. The van der Waals surface area contributed by atoms with Crippen molar-refractivity contribution in [2.24, 2.45) is 0 Å². The Balaban J connectivity index is 2.17. The number of rotatable bonds is 5. The summed E-state index contributed by atoms with van der Waals surface area (Å²) >= 11 is 1.67.